The molecule has 0 amide bonds. The Hall–Kier alpha value is -2.02. The maximum atomic E-state index is 13.2. The van der Waals surface area contributed by atoms with Crippen molar-refractivity contribution in [3.8, 4) is 0 Å². The smallest absolute Gasteiger partial charge is 0.323 e. The van der Waals surface area contributed by atoms with Gasteiger partial charge in [-0.05, 0) is 30.0 Å². The summed E-state index contributed by atoms with van der Waals surface area (Å²) in [5.41, 5.74) is 0.0934. The van der Waals surface area contributed by atoms with Gasteiger partial charge in [-0.3, -0.25) is 20.2 Å². The van der Waals surface area contributed by atoms with Gasteiger partial charge in [0.05, 0.1) is 12.5 Å². The minimum Gasteiger partial charge on any atom is -0.465 e. The van der Waals surface area contributed by atoms with Crippen LogP contribution in [0.25, 0.3) is 0 Å². The SMILES string of the molecule is CCOC(=O)[C@H]1N[C@@H](c2ccc(F)cc2)[C@@H]([N+](=O)[O-])[C@@H]1C(C)(C)C. The molecular weight excluding hydrogens is 315 g/mol. The monoisotopic (exact) mass is 338 g/mol. The molecular formula is C17H23FN2O4. The van der Waals surface area contributed by atoms with E-state index in [1.54, 1.807) is 6.92 Å². The van der Waals surface area contributed by atoms with Crippen molar-refractivity contribution < 1.29 is 18.8 Å². The zero-order valence-electron chi connectivity index (χ0n) is 14.3. The Morgan fingerprint density at radius 2 is 1.92 bits per heavy atom. The first-order valence-corrected chi connectivity index (χ1v) is 7.98. The zero-order valence-corrected chi connectivity index (χ0v) is 14.3. The van der Waals surface area contributed by atoms with E-state index in [0.29, 0.717) is 5.56 Å². The Morgan fingerprint density at radius 1 is 1.33 bits per heavy atom. The largest absolute Gasteiger partial charge is 0.465 e. The highest BCUT2D eigenvalue weighted by atomic mass is 19.1. The quantitative estimate of drug-likeness (QED) is 0.518. The van der Waals surface area contributed by atoms with Gasteiger partial charge in [0.1, 0.15) is 17.9 Å². The molecule has 1 aromatic rings. The first-order chi connectivity index (χ1) is 11.2. The third-order valence-corrected chi connectivity index (χ3v) is 4.44. The molecule has 0 bridgehead atoms. The second-order valence-corrected chi connectivity index (χ2v) is 7.09. The average molecular weight is 338 g/mol. The van der Waals surface area contributed by atoms with Crippen LogP contribution in [0.4, 0.5) is 4.39 Å². The highest BCUT2D eigenvalue weighted by Crippen LogP contribution is 2.43. The van der Waals surface area contributed by atoms with Crippen molar-refractivity contribution in [3.63, 3.8) is 0 Å². The maximum absolute atomic E-state index is 13.2. The van der Waals surface area contributed by atoms with E-state index in [1.807, 2.05) is 20.8 Å². The van der Waals surface area contributed by atoms with Crippen LogP contribution in [0.1, 0.15) is 39.3 Å². The topological polar surface area (TPSA) is 81.5 Å². The molecule has 0 aromatic heterocycles. The summed E-state index contributed by atoms with van der Waals surface area (Å²) in [6.45, 7) is 7.51. The van der Waals surface area contributed by atoms with Gasteiger partial charge in [0.15, 0.2) is 0 Å². The van der Waals surface area contributed by atoms with E-state index in [0.717, 1.165) is 0 Å². The Bertz CT molecular complexity index is 612. The Kier molecular flexibility index (Phi) is 5.22. The lowest BCUT2D eigenvalue weighted by Crippen LogP contribution is -2.45. The standard InChI is InChI=1S/C17H23FN2O4/c1-5-24-16(21)14-12(17(2,3)4)15(20(22)23)13(19-14)10-6-8-11(18)9-7-10/h6-9,12-15,19H,5H2,1-4H3/t12-,13+,14+,15+/m1/s1. The molecule has 24 heavy (non-hydrogen) atoms. The predicted octanol–water partition coefficient (Wildman–Crippen LogP) is 2.71. The number of benzene rings is 1. The molecule has 2 rings (SSSR count). The minimum atomic E-state index is -1.01. The van der Waals surface area contributed by atoms with Crippen LogP contribution < -0.4 is 5.32 Å². The fourth-order valence-corrected chi connectivity index (χ4v) is 3.48. The highest BCUT2D eigenvalue weighted by Gasteiger charge is 2.58. The number of nitro groups is 1. The maximum Gasteiger partial charge on any atom is 0.323 e. The number of nitrogens with zero attached hydrogens (tertiary/aromatic N) is 1. The predicted molar refractivity (Wildman–Crippen MR) is 86.4 cm³/mol. The van der Waals surface area contributed by atoms with Gasteiger partial charge in [0.2, 0.25) is 6.04 Å². The molecule has 1 aliphatic rings. The molecule has 1 aliphatic heterocycles. The van der Waals surface area contributed by atoms with E-state index >= 15 is 0 Å². The molecule has 1 heterocycles. The molecule has 0 spiro atoms. The molecule has 0 aliphatic carbocycles. The van der Waals surface area contributed by atoms with Crippen molar-refractivity contribution >= 4 is 5.97 Å². The summed E-state index contributed by atoms with van der Waals surface area (Å²) in [5, 5.41) is 14.8. The molecule has 6 nitrogen and oxygen atoms in total. The number of esters is 1. The van der Waals surface area contributed by atoms with E-state index in [2.05, 4.69) is 5.32 Å². The van der Waals surface area contributed by atoms with Gasteiger partial charge in [-0.25, -0.2) is 4.39 Å². The lowest BCUT2D eigenvalue weighted by Gasteiger charge is -2.31. The number of hydrogen-bond donors (Lipinski definition) is 1. The van der Waals surface area contributed by atoms with Crippen LogP contribution in [0.3, 0.4) is 0 Å². The molecule has 0 saturated carbocycles. The van der Waals surface area contributed by atoms with Crippen molar-refractivity contribution in [2.45, 2.75) is 45.8 Å². The summed E-state index contributed by atoms with van der Waals surface area (Å²) in [7, 11) is 0. The van der Waals surface area contributed by atoms with Crippen molar-refractivity contribution in [2.24, 2.45) is 11.3 Å². The van der Waals surface area contributed by atoms with Crippen LogP contribution in [0.15, 0.2) is 24.3 Å². The molecule has 132 valence electrons. The second kappa shape index (κ2) is 6.84. The number of halogens is 1. The number of hydrogen-bond acceptors (Lipinski definition) is 5. The van der Waals surface area contributed by atoms with Gasteiger partial charge in [-0.15, -0.1) is 0 Å². The van der Waals surface area contributed by atoms with Crippen LogP contribution in [-0.2, 0) is 9.53 Å². The summed E-state index contributed by atoms with van der Waals surface area (Å²) in [6.07, 6.45) is 0. The van der Waals surface area contributed by atoms with Crippen LogP contribution in [-0.4, -0.2) is 29.6 Å². The van der Waals surface area contributed by atoms with Crippen molar-refractivity contribution in [1.29, 1.82) is 0 Å². The second-order valence-electron chi connectivity index (χ2n) is 7.09. The third kappa shape index (κ3) is 3.56. The third-order valence-electron chi connectivity index (χ3n) is 4.44. The highest BCUT2D eigenvalue weighted by molar-refractivity contribution is 5.77. The van der Waals surface area contributed by atoms with E-state index < -0.39 is 41.2 Å². The first-order valence-electron chi connectivity index (χ1n) is 7.98. The molecule has 1 saturated heterocycles. The van der Waals surface area contributed by atoms with Crippen molar-refractivity contribution in [2.75, 3.05) is 6.61 Å². The molecule has 1 fully saturated rings. The minimum absolute atomic E-state index is 0.207. The van der Waals surface area contributed by atoms with Gasteiger partial charge in [-0.2, -0.15) is 0 Å². The van der Waals surface area contributed by atoms with E-state index in [9.17, 15) is 19.3 Å². The average Bonchev–Trinajstić information content (AvgIpc) is 2.89. The van der Waals surface area contributed by atoms with Crippen LogP contribution >= 0.6 is 0 Å². The molecule has 0 radical (unpaired) electrons. The number of rotatable bonds is 4. The van der Waals surface area contributed by atoms with Gasteiger partial charge in [-0.1, -0.05) is 32.9 Å². The van der Waals surface area contributed by atoms with Crippen molar-refractivity contribution in [3.05, 3.63) is 45.8 Å². The molecule has 1 aromatic carbocycles. The van der Waals surface area contributed by atoms with E-state index in [-0.39, 0.29) is 11.5 Å². The fraction of sp³-hybridized carbons (Fsp3) is 0.588. The van der Waals surface area contributed by atoms with E-state index in [4.69, 9.17) is 4.74 Å². The van der Waals surface area contributed by atoms with Gasteiger partial charge in [0, 0.05) is 4.92 Å². The molecule has 0 unspecified atom stereocenters. The van der Waals surface area contributed by atoms with Crippen LogP contribution in [0.5, 0.6) is 0 Å². The summed E-state index contributed by atoms with van der Waals surface area (Å²) >= 11 is 0. The summed E-state index contributed by atoms with van der Waals surface area (Å²) in [6, 6.07) is 3.07. The number of carbonyl (C=O) groups excluding carboxylic acids is 1. The van der Waals surface area contributed by atoms with Gasteiger partial charge >= 0.3 is 5.97 Å². The number of nitrogens with one attached hydrogen (secondary N) is 1. The molecule has 4 atom stereocenters. The van der Waals surface area contributed by atoms with Gasteiger partial charge in [0.25, 0.3) is 0 Å². The number of carbonyl (C=O) groups is 1. The zero-order chi connectivity index (χ0) is 18.1. The summed E-state index contributed by atoms with van der Waals surface area (Å²) in [4.78, 5) is 23.8. The lowest BCUT2D eigenvalue weighted by atomic mass is 9.73. The Morgan fingerprint density at radius 3 is 2.38 bits per heavy atom. The van der Waals surface area contributed by atoms with Crippen molar-refractivity contribution in [1.82, 2.24) is 5.32 Å². The van der Waals surface area contributed by atoms with E-state index in [1.165, 1.54) is 24.3 Å². The normalized spacial score (nSPS) is 27.0. The Balaban J connectivity index is 2.46. The van der Waals surface area contributed by atoms with Crippen LogP contribution in [0, 0.1) is 27.3 Å². The summed E-state index contributed by atoms with van der Waals surface area (Å²) < 4.78 is 18.3. The molecule has 1 N–H and O–H groups in total. The Labute approximate surface area is 140 Å². The fourth-order valence-electron chi connectivity index (χ4n) is 3.48. The van der Waals surface area contributed by atoms with Crippen LogP contribution in [0.2, 0.25) is 0 Å². The molecule has 7 heteroatoms. The summed E-state index contributed by atoms with van der Waals surface area (Å²) in [5.74, 6) is -1.46. The first kappa shape index (κ1) is 18.3. The lowest BCUT2D eigenvalue weighted by molar-refractivity contribution is -0.535. The van der Waals surface area contributed by atoms with Gasteiger partial charge < -0.3 is 4.74 Å². The number of ether oxygens (including phenoxy) is 1.